The predicted molar refractivity (Wildman–Crippen MR) is 242 cm³/mol. The largest absolute Gasteiger partial charge is 0.759 e. The lowest BCUT2D eigenvalue weighted by molar-refractivity contribution is -0.901. The Labute approximate surface area is 348 Å². The number of unbranched alkanes of at least 4 members (excludes halogenated alkanes) is 30. The Morgan fingerprint density at radius 2 is 0.364 bits per heavy atom. The molecule has 2 N–H and O–H groups in total. The Balaban J connectivity index is -0.000000874. The summed E-state index contributed by atoms with van der Waals surface area (Å²) in [6.45, 7) is 22.5. The van der Waals surface area contributed by atoms with Crippen LogP contribution < -0.4 is 9.80 Å². The highest BCUT2D eigenvalue weighted by molar-refractivity contribution is 7.79. The lowest BCUT2D eigenvalue weighted by Crippen LogP contribution is -3.12. The molecule has 336 valence electrons. The first-order chi connectivity index (χ1) is 26.7. The molecule has 0 rings (SSSR count). The topological polar surface area (TPSA) is 89.1 Å². The van der Waals surface area contributed by atoms with Crippen molar-refractivity contribution in [3.8, 4) is 0 Å². The van der Waals surface area contributed by atoms with Crippen molar-refractivity contribution in [2.75, 3.05) is 39.3 Å². The number of rotatable bonds is 42. The minimum atomic E-state index is -5.17. The number of hydrogen-bond donors (Lipinski definition) is 2. The van der Waals surface area contributed by atoms with E-state index in [1.165, 1.54) is 270 Å². The fourth-order valence-corrected chi connectivity index (χ4v) is 7.68. The van der Waals surface area contributed by atoms with E-state index in [4.69, 9.17) is 17.5 Å². The van der Waals surface area contributed by atoms with Crippen molar-refractivity contribution in [2.45, 2.75) is 273 Å². The van der Waals surface area contributed by atoms with Gasteiger partial charge in [-0.2, -0.15) is 0 Å². The molecule has 0 saturated heterocycles. The van der Waals surface area contributed by atoms with Crippen molar-refractivity contribution in [1.82, 2.24) is 0 Å². The third-order valence-corrected chi connectivity index (χ3v) is 11.3. The van der Waals surface area contributed by atoms with Crippen LogP contribution in [0.1, 0.15) is 273 Å². The zero-order valence-electron chi connectivity index (χ0n) is 38.7. The molecule has 7 heteroatoms. The van der Waals surface area contributed by atoms with Crippen molar-refractivity contribution in [1.29, 1.82) is 0 Å². The molecule has 0 amide bonds. The average Bonchev–Trinajstić information content (AvgIpc) is 3.15. The summed E-state index contributed by atoms with van der Waals surface area (Å²) in [5.74, 6) is 0. The molecule has 0 aromatic rings. The molecule has 0 aliphatic heterocycles. The summed E-state index contributed by atoms with van der Waals surface area (Å²) >= 11 is 0. The maximum absolute atomic E-state index is 8.52. The average molecular weight is 805 g/mol. The molecule has 0 aromatic carbocycles. The number of quaternary nitrogens is 2. The van der Waals surface area contributed by atoms with Gasteiger partial charge in [-0.15, -0.1) is 0 Å². The van der Waals surface area contributed by atoms with Crippen LogP contribution in [-0.2, 0) is 10.4 Å². The molecule has 0 radical (unpaired) electrons. The predicted octanol–water partition coefficient (Wildman–Crippen LogP) is 12.6. The van der Waals surface area contributed by atoms with Gasteiger partial charge in [0.15, 0.2) is 0 Å². The molecule has 6 nitrogen and oxygen atoms in total. The molecule has 0 saturated carbocycles. The van der Waals surface area contributed by atoms with E-state index in [0.29, 0.717) is 0 Å². The molecule has 0 heterocycles. The summed E-state index contributed by atoms with van der Waals surface area (Å²) in [4.78, 5) is 3.84. The zero-order valence-corrected chi connectivity index (χ0v) is 39.6. The van der Waals surface area contributed by atoms with E-state index in [9.17, 15) is 0 Å². The van der Waals surface area contributed by atoms with E-state index < -0.39 is 10.4 Å². The summed E-state index contributed by atoms with van der Waals surface area (Å²) < 4.78 is 34.1. The third kappa shape index (κ3) is 63.2. The Morgan fingerprint density at radius 3 is 0.491 bits per heavy atom. The van der Waals surface area contributed by atoms with Crippen LogP contribution in [-0.4, -0.2) is 56.8 Å². The monoisotopic (exact) mass is 805 g/mol. The van der Waals surface area contributed by atoms with Gasteiger partial charge in [0.05, 0.1) is 39.3 Å². The fourth-order valence-electron chi connectivity index (χ4n) is 7.68. The highest BCUT2D eigenvalue weighted by Gasteiger charge is 2.09. The van der Waals surface area contributed by atoms with Crippen molar-refractivity contribution in [3.63, 3.8) is 0 Å². The van der Waals surface area contributed by atoms with Crippen LogP contribution >= 0.6 is 0 Å². The SMILES string of the molecule is CCCCCCCC[NH+](CCCCCCCC)CCCCCCCC.CCCCCCCC[NH+](CCCCCCCC)CCCCCCCC.O=S(=O)([O-])[O-]. The van der Waals surface area contributed by atoms with E-state index in [1.54, 1.807) is 0 Å². The zero-order chi connectivity index (χ0) is 41.4. The smallest absolute Gasteiger partial charge is 0.0770 e. The van der Waals surface area contributed by atoms with Gasteiger partial charge < -0.3 is 18.9 Å². The molecule has 0 bridgehead atoms. The quantitative estimate of drug-likeness (QED) is 0.0365. The normalized spacial score (nSPS) is 11.5. The minimum absolute atomic E-state index is 1.37. The van der Waals surface area contributed by atoms with Gasteiger partial charge in [-0.3, -0.25) is 8.42 Å². The van der Waals surface area contributed by atoms with Crippen molar-refractivity contribution in [2.24, 2.45) is 0 Å². The van der Waals surface area contributed by atoms with Crippen LogP contribution in [0.25, 0.3) is 0 Å². The standard InChI is InChI=1S/2C24H51N.H2O4S/c2*1-4-7-10-13-16-19-22-25(23-20-17-14-11-8-5-2)24-21-18-15-12-9-6-3;1-5(2,3)4/h2*4-24H2,1-3H3;(H2,1,2,3,4). The molecule has 0 spiro atoms. The second-order valence-electron chi connectivity index (χ2n) is 17.0. The van der Waals surface area contributed by atoms with Gasteiger partial charge in [0.2, 0.25) is 0 Å². The number of nitrogens with one attached hydrogen (secondary N) is 2. The van der Waals surface area contributed by atoms with Crippen LogP contribution in [0.3, 0.4) is 0 Å². The molecule has 0 aliphatic carbocycles. The summed E-state index contributed by atoms with van der Waals surface area (Å²) in [6, 6.07) is 0. The van der Waals surface area contributed by atoms with Gasteiger partial charge in [0.1, 0.15) is 0 Å². The van der Waals surface area contributed by atoms with E-state index in [2.05, 4.69) is 41.5 Å². The van der Waals surface area contributed by atoms with Crippen LogP contribution in [0, 0.1) is 0 Å². The summed E-state index contributed by atoms with van der Waals surface area (Å²) in [7, 11) is -5.17. The Kier molecular flexibility index (Phi) is 55.7. The first kappa shape index (κ1) is 59.1. The first-order valence-corrected chi connectivity index (χ1v) is 26.4. The van der Waals surface area contributed by atoms with Crippen LogP contribution in [0.2, 0.25) is 0 Å². The van der Waals surface area contributed by atoms with Gasteiger partial charge in [0.25, 0.3) is 0 Å². The van der Waals surface area contributed by atoms with Gasteiger partial charge in [-0.1, -0.05) is 196 Å². The maximum atomic E-state index is 8.52. The Morgan fingerprint density at radius 1 is 0.255 bits per heavy atom. The second-order valence-corrected chi connectivity index (χ2v) is 17.8. The molecular formula is C48H104N2O4S. The van der Waals surface area contributed by atoms with Gasteiger partial charge in [-0.05, 0) is 77.0 Å². The summed E-state index contributed by atoms with van der Waals surface area (Å²) in [5.41, 5.74) is 0. The third-order valence-electron chi connectivity index (χ3n) is 11.3. The second kappa shape index (κ2) is 51.8. The summed E-state index contributed by atoms with van der Waals surface area (Å²) in [6.07, 6.45) is 52.0. The minimum Gasteiger partial charge on any atom is -0.759 e. The molecule has 55 heavy (non-hydrogen) atoms. The van der Waals surface area contributed by atoms with E-state index in [-0.39, 0.29) is 0 Å². The fraction of sp³-hybridized carbons (Fsp3) is 1.00. The Hall–Kier alpha value is -0.210. The maximum Gasteiger partial charge on any atom is 0.0770 e. The summed E-state index contributed by atoms with van der Waals surface area (Å²) in [5, 5.41) is 0. The number of hydrogen-bond acceptors (Lipinski definition) is 4. The van der Waals surface area contributed by atoms with Crippen LogP contribution in [0.4, 0.5) is 0 Å². The van der Waals surface area contributed by atoms with Crippen molar-refractivity contribution in [3.05, 3.63) is 0 Å². The van der Waals surface area contributed by atoms with Gasteiger partial charge >= 0.3 is 0 Å². The Bertz CT molecular complexity index is 635. The molecular weight excluding hydrogens is 701 g/mol. The van der Waals surface area contributed by atoms with E-state index in [0.717, 1.165) is 0 Å². The first-order valence-electron chi connectivity index (χ1n) is 25.0. The van der Waals surface area contributed by atoms with E-state index in [1.807, 2.05) is 9.80 Å². The van der Waals surface area contributed by atoms with Crippen LogP contribution in [0.5, 0.6) is 0 Å². The molecule has 0 unspecified atom stereocenters. The van der Waals surface area contributed by atoms with Crippen LogP contribution in [0.15, 0.2) is 0 Å². The molecule has 0 fully saturated rings. The van der Waals surface area contributed by atoms with E-state index >= 15 is 0 Å². The molecule has 0 aromatic heterocycles. The lowest BCUT2D eigenvalue weighted by Gasteiger charge is -2.20. The lowest BCUT2D eigenvalue weighted by atomic mass is 10.1. The van der Waals surface area contributed by atoms with Crippen molar-refractivity contribution < 1.29 is 27.3 Å². The highest BCUT2D eigenvalue weighted by Crippen LogP contribution is 2.08. The van der Waals surface area contributed by atoms with Gasteiger partial charge in [0, 0.05) is 10.4 Å². The van der Waals surface area contributed by atoms with Gasteiger partial charge in [-0.25, -0.2) is 0 Å². The van der Waals surface area contributed by atoms with Crippen molar-refractivity contribution >= 4 is 10.4 Å². The molecule has 0 atom stereocenters. The highest BCUT2D eigenvalue weighted by atomic mass is 32.3. The molecule has 0 aliphatic rings.